The van der Waals surface area contributed by atoms with E-state index in [9.17, 15) is 19.5 Å². The summed E-state index contributed by atoms with van der Waals surface area (Å²) in [6, 6.07) is -0.353. The van der Waals surface area contributed by atoms with Crippen molar-refractivity contribution >= 4 is 17.8 Å². The van der Waals surface area contributed by atoms with Gasteiger partial charge < -0.3 is 9.84 Å². The summed E-state index contributed by atoms with van der Waals surface area (Å²) in [7, 11) is 2.62. The first-order valence-electron chi connectivity index (χ1n) is 7.88. The summed E-state index contributed by atoms with van der Waals surface area (Å²) >= 11 is 0. The molecule has 2 heterocycles. The van der Waals surface area contributed by atoms with E-state index in [0.29, 0.717) is 6.42 Å². The monoisotopic (exact) mass is 324 g/mol. The van der Waals surface area contributed by atoms with E-state index >= 15 is 0 Å². The van der Waals surface area contributed by atoms with Crippen molar-refractivity contribution in [3.63, 3.8) is 0 Å². The zero-order valence-electron chi connectivity index (χ0n) is 13.7. The molecule has 128 valence electrons. The molecule has 7 heteroatoms. The molecule has 2 rings (SSSR count). The molecule has 2 N–H and O–H groups in total. The smallest absolute Gasteiger partial charge is 0.329 e. The van der Waals surface area contributed by atoms with Gasteiger partial charge in [-0.1, -0.05) is 19.1 Å². The second-order valence-corrected chi connectivity index (χ2v) is 6.07. The Bertz CT molecular complexity index is 533. The zero-order chi connectivity index (χ0) is 17.2. The average Bonchev–Trinajstić information content (AvgIpc) is 3.01. The first-order chi connectivity index (χ1) is 10.9. The summed E-state index contributed by atoms with van der Waals surface area (Å²) in [4.78, 5) is 38.2. The molecule has 0 saturated carbocycles. The number of ether oxygens (including phenoxy) is 1. The molecule has 0 unspecified atom stereocenters. The predicted octanol–water partition coefficient (Wildman–Crippen LogP) is -0.160. The van der Waals surface area contributed by atoms with Crippen LogP contribution in [0, 0.1) is 11.8 Å². The van der Waals surface area contributed by atoms with Crippen molar-refractivity contribution in [3.8, 4) is 0 Å². The van der Waals surface area contributed by atoms with Crippen LogP contribution in [0.1, 0.15) is 26.2 Å². The minimum atomic E-state index is -1.55. The lowest BCUT2D eigenvalue weighted by Crippen LogP contribution is -2.59. The number of allylic oxidation sites excluding steroid dienone is 2. The van der Waals surface area contributed by atoms with Crippen LogP contribution in [-0.4, -0.2) is 60.1 Å². The summed E-state index contributed by atoms with van der Waals surface area (Å²) in [6.45, 7) is 1.44. The Balaban J connectivity index is 2.33. The van der Waals surface area contributed by atoms with Crippen LogP contribution in [-0.2, 0) is 19.1 Å². The van der Waals surface area contributed by atoms with Crippen LogP contribution >= 0.6 is 0 Å². The number of nitrogens with zero attached hydrogens (tertiary/aromatic N) is 1. The number of methoxy groups -OCH3 is 1. The van der Waals surface area contributed by atoms with E-state index in [1.54, 1.807) is 0 Å². The van der Waals surface area contributed by atoms with Gasteiger partial charge in [0.25, 0.3) is 0 Å². The standard InChI is InChI=1S/C16H24N2O5/c1-4-5-6-7-8-10-11-12(14(21)18(2)13(11)20)16(9-19,17-10)15(22)23-3/h5-6,10-12,17,19H,4,7-9H2,1-3H3/b6-5-/t10-,11+,12-,16-/m0/s1. The molecule has 2 amide bonds. The van der Waals surface area contributed by atoms with E-state index < -0.39 is 35.9 Å². The molecule has 0 radical (unpaired) electrons. The molecule has 0 aliphatic carbocycles. The normalized spacial score (nSPS) is 33.6. The van der Waals surface area contributed by atoms with Gasteiger partial charge in [0.2, 0.25) is 11.8 Å². The maximum Gasteiger partial charge on any atom is 0.329 e. The molecule has 2 saturated heterocycles. The molecule has 0 aromatic carbocycles. The lowest BCUT2D eigenvalue weighted by molar-refractivity contribution is -0.156. The molecular formula is C16H24N2O5. The molecule has 4 atom stereocenters. The van der Waals surface area contributed by atoms with E-state index in [0.717, 1.165) is 17.7 Å². The third-order valence-electron chi connectivity index (χ3n) is 4.82. The predicted molar refractivity (Wildman–Crippen MR) is 82.2 cm³/mol. The number of fused-ring (bicyclic) bond motifs is 1. The van der Waals surface area contributed by atoms with Crippen molar-refractivity contribution in [1.82, 2.24) is 10.2 Å². The maximum atomic E-state index is 12.4. The van der Waals surface area contributed by atoms with Crippen LogP contribution in [0.5, 0.6) is 0 Å². The van der Waals surface area contributed by atoms with Crippen molar-refractivity contribution in [2.45, 2.75) is 37.8 Å². The fraction of sp³-hybridized carbons (Fsp3) is 0.688. The molecular weight excluding hydrogens is 300 g/mol. The number of likely N-dealkylation sites (tertiary alicyclic amines) is 1. The van der Waals surface area contributed by atoms with Gasteiger partial charge in [0.15, 0.2) is 5.54 Å². The van der Waals surface area contributed by atoms with Gasteiger partial charge in [-0.2, -0.15) is 0 Å². The zero-order valence-corrected chi connectivity index (χ0v) is 13.7. The highest BCUT2D eigenvalue weighted by molar-refractivity contribution is 6.09. The molecule has 7 nitrogen and oxygen atoms in total. The fourth-order valence-electron chi connectivity index (χ4n) is 3.66. The summed E-state index contributed by atoms with van der Waals surface area (Å²) in [5.41, 5.74) is -1.55. The van der Waals surface area contributed by atoms with Crippen molar-refractivity contribution in [3.05, 3.63) is 12.2 Å². The van der Waals surface area contributed by atoms with E-state index in [-0.39, 0.29) is 11.9 Å². The summed E-state index contributed by atoms with van der Waals surface area (Å²) in [5.74, 6) is -3.03. The number of nitrogens with one attached hydrogen (secondary N) is 1. The van der Waals surface area contributed by atoms with Gasteiger partial charge in [-0.05, 0) is 19.3 Å². The van der Waals surface area contributed by atoms with Crippen LogP contribution < -0.4 is 5.32 Å². The Morgan fingerprint density at radius 3 is 2.65 bits per heavy atom. The first-order valence-corrected chi connectivity index (χ1v) is 7.88. The Labute approximate surface area is 135 Å². The third kappa shape index (κ3) is 2.68. The first kappa shape index (κ1) is 17.6. The van der Waals surface area contributed by atoms with Crippen molar-refractivity contribution < 1.29 is 24.2 Å². The van der Waals surface area contributed by atoms with Gasteiger partial charge in [0, 0.05) is 13.1 Å². The van der Waals surface area contributed by atoms with E-state index in [4.69, 9.17) is 4.74 Å². The van der Waals surface area contributed by atoms with E-state index in [2.05, 4.69) is 5.32 Å². The number of amides is 2. The number of rotatable bonds is 6. The minimum Gasteiger partial charge on any atom is -0.468 e. The van der Waals surface area contributed by atoms with Crippen molar-refractivity contribution in [2.75, 3.05) is 20.8 Å². The number of hydrogen-bond acceptors (Lipinski definition) is 6. The Morgan fingerprint density at radius 1 is 1.39 bits per heavy atom. The summed E-state index contributed by atoms with van der Waals surface area (Å²) < 4.78 is 4.79. The number of hydrogen-bond donors (Lipinski definition) is 2. The van der Waals surface area contributed by atoms with Gasteiger partial charge in [0.05, 0.1) is 25.6 Å². The molecule has 2 aliphatic rings. The number of carbonyl (C=O) groups is 3. The van der Waals surface area contributed by atoms with Crippen LogP contribution in [0.25, 0.3) is 0 Å². The molecule has 2 aliphatic heterocycles. The average molecular weight is 324 g/mol. The van der Waals surface area contributed by atoms with Gasteiger partial charge in [0.1, 0.15) is 0 Å². The largest absolute Gasteiger partial charge is 0.468 e. The van der Waals surface area contributed by atoms with Crippen molar-refractivity contribution in [1.29, 1.82) is 0 Å². The maximum absolute atomic E-state index is 12.4. The van der Waals surface area contributed by atoms with Gasteiger partial charge in [-0.3, -0.25) is 19.8 Å². The second kappa shape index (κ2) is 6.80. The second-order valence-electron chi connectivity index (χ2n) is 6.07. The topological polar surface area (TPSA) is 95.9 Å². The van der Waals surface area contributed by atoms with Crippen molar-refractivity contribution in [2.24, 2.45) is 11.8 Å². The molecule has 0 bridgehead atoms. The fourth-order valence-corrected chi connectivity index (χ4v) is 3.66. The molecule has 2 fully saturated rings. The van der Waals surface area contributed by atoms with Crippen LogP contribution in [0.2, 0.25) is 0 Å². The SMILES string of the molecule is CC/C=C\CC[C@@H]1N[C@](CO)(C(=O)OC)[C@@H]2C(=O)N(C)C(=O)[C@H]12. The van der Waals surface area contributed by atoms with E-state index in [1.165, 1.54) is 14.2 Å². The Morgan fingerprint density at radius 2 is 2.09 bits per heavy atom. The van der Waals surface area contributed by atoms with Crippen LogP contribution in [0.15, 0.2) is 12.2 Å². The summed E-state index contributed by atoms with van der Waals surface area (Å²) in [6.07, 6.45) is 6.29. The van der Waals surface area contributed by atoms with Gasteiger partial charge in [-0.15, -0.1) is 0 Å². The summed E-state index contributed by atoms with van der Waals surface area (Å²) in [5, 5.41) is 12.9. The molecule has 0 spiro atoms. The quantitative estimate of drug-likeness (QED) is 0.400. The highest BCUT2D eigenvalue weighted by atomic mass is 16.5. The van der Waals surface area contributed by atoms with E-state index in [1.807, 2.05) is 19.1 Å². The van der Waals surface area contributed by atoms with Crippen LogP contribution in [0.3, 0.4) is 0 Å². The number of imide groups is 1. The molecule has 0 aromatic rings. The van der Waals surface area contributed by atoms with Gasteiger partial charge in [-0.25, -0.2) is 4.79 Å². The van der Waals surface area contributed by atoms with Crippen LogP contribution in [0.4, 0.5) is 0 Å². The lowest BCUT2D eigenvalue weighted by Gasteiger charge is -2.29. The minimum absolute atomic E-state index is 0.309. The third-order valence-corrected chi connectivity index (χ3v) is 4.82. The number of aliphatic hydroxyl groups excluding tert-OH is 1. The highest BCUT2D eigenvalue weighted by Gasteiger charge is 2.67. The molecule has 0 aromatic heterocycles. The highest BCUT2D eigenvalue weighted by Crippen LogP contribution is 2.44. The van der Waals surface area contributed by atoms with Gasteiger partial charge >= 0.3 is 5.97 Å². The number of carbonyl (C=O) groups excluding carboxylic acids is 3. The molecule has 23 heavy (non-hydrogen) atoms. The lowest BCUT2D eigenvalue weighted by atomic mass is 9.80. The number of aliphatic hydroxyl groups is 1. The number of esters is 1. The Kier molecular flexibility index (Phi) is 5.21. The Hall–Kier alpha value is -1.73.